The van der Waals surface area contributed by atoms with E-state index in [0.29, 0.717) is 18.7 Å². The van der Waals surface area contributed by atoms with Crippen LogP contribution in [-0.4, -0.2) is 34.2 Å². The molecule has 1 amide bonds. The van der Waals surface area contributed by atoms with Crippen molar-refractivity contribution in [2.24, 2.45) is 5.73 Å². The fourth-order valence-corrected chi connectivity index (χ4v) is 3.73. The third-order valence-electron chi connectivity index (χ3n) is 4.76. The van der Waals surface area contributed by atoms with Crippen LogP contribution in [0.25, 0.3) is 22.3 Å². The van der Waals surface area contributed by atoms with E-state index in [-0.39, 0.29) is 11.3 Å². The minimum atomic E-state index is -0.0913. The zero-order valence-electron chi connectivity index (χ0n) is 13.9. The topological polar surface area (TPSA) is 99.6 Å². The Morgan fingerprint density at radius 1 is 1.42 bits per heavy atom. The lowest BCUT2D eigenvalue weighted by atomic mass is 9.73. The van der Waals surface area contributed by atoms with Crippen LogP contribution in [-0.2, 0) is 11.8 Å². The van der Waals surface area contributed by atoms with Crippen LogP contribution in [0.15, 0.2) is 24.4 Å². The highest BCUT2D eigenvalue weighted by Gasteiger charge is 2.35. The van der Waals surface area contributed by atoms with E-state index in [2.05, 4.69) is 34.3 Å². The summed E-state index contributed by atoms with van der Waals surface area (Å²) < 4.78 is 0. The van der Waals surface area contributed by atoms with Gasteiger partial charge in [0.2, 0.25) is 0 Å². The maximum Gasteiger partial charge on any atom is 0.251 e. The highest BCUT2D eigenvalue weighted by atomic mass is 16.1. The van der Waals surface area contributed by atoms with Gasteiger partial charge in [0.05, 0.1) is 5.69 Å². The fraction of sp³-hybridized carbons (Fsp3) is 0.333. The Labute approximate surface area is 139 Å². The summed E-state index contributed by atoms with van der Waals surface area (Å²) in [6, 6.07) is 5.78. The number of carbonyl (C=O) groups is 1. The van der Waals surface area contributed by atoms with Crippen molar-refractivity contribution < 1.29 is 4.79 Å². The van der Waals surface area contributed by atoms with Crippen molar-refractivity contribution in [3.05, 3.63) is 41.1 Å². The maximum atomic E-state index is 12.3. The van der Waals surface area contributed by atoms with E-state index in [1.165, 1.54) is 11.1 Å². The Morgan fingerprint density at radius 2 is 2.25 bits per heavy atom. The Balaban J connectivity index is 1.89. The van der Waals surface area contributed by atoms with E-state index >= 15 is 0 Å². The number of nitrogens with one attached hydrogen (secondary N) is 3. The van der Waals surface area contributed by atoms with E-state index in [0.717, 1.165) is 28.7 Å². The first-order valence-electron chi connectivity index (χ1n) is 8.19. The summed E-state index contributed by atoms with van der Waals surface area (Å²) in [5.74, 6) is -0.0913. The van der Waals surface area contributed by atoms with Crippen molar-refractivity contribution in [3.8, 4) is 11.4 Å². The second-order valence-corrected chi connectivity index (χ2v) is 7.00. The normalized spacial score (nSPS) is 15.1. The third kappa shape index (κ3) is 2.14. The van der Waals surface area contributed by atoms with Gasteiger partial charge in [0.15, 0.2) is 0 Å². The monoisotopic (exact) mass is 323 g/mol. The van der Waals surface area contributed by atoms with Crippen LogP contribution in [0.3, 0.4) is 0 Å². The standard InChI is InChI=1S/C18H21N5O/c1-18(2)8-11-9-21-23-15(11)16-14(18)12-7-10(3-4-13(12)22-16)17(24)20-6-5-19/h3-4,7,9,22H,5-6,8,19H2,1-2H3,(H,20,24)(H,21,23). The predicted molar refractivity (Wildman–Crippen MR) is 94.0 cm³/mol. The van der Waals surface area contributed by atoms with E-state index in [1.54, 1.807) is 0 Å². The highest BCUT2D eigenvalue weighted by Crippen LogP contribution is 2.45. The number of aromatic nitrogens is 3. The zero-order chi connectivity index (χ0) is 16.9. The Kier molecular flexibility index (Phi) is 3.25. The zero-order valence-corrected chi connectivity index (χ0v) is 13.9. The number of rotatable bonds is 3. The smallest absolute Gasteiger partial charge is 0.251 e. The summed E-state index contributed by atoms with van der Waals surface area (Å²) >= 11 is 0. The minimum Gasteiger partial charge on any atom is -0.353 e. The molecule has 0 unspecified atom stereocenters. The van der Waals surface area contributed by atoms with Crippen LogP contribution in [0.4, 0.5) is 0 Å². The number of fused-ring (bicyclic) bond motifs is 5. The molecule has 0 saturated heterocycles. The Morgan fingerprint density at radius 3 is 3.04 bits per heavy atom. The summed E-state index contributed by atoms with van der Waals surface area (Å²) in [5.41, 5.74) is 11.6. The number of hydrogen-bond acceptors (Lipinski definition) is 3. The van der Waals surface area contributed by atoms with Gasteiger partial charge in [-0.05, 0) is 35.6 Å². The number of carbonyl (C=O) groups excluding carboxylic acids is 1. The summed E-state index contributed by atoms with van der Waals surface area (Å²) in [7, 11) is 0. The molecule has 6 heteroatoms. The van der Waals surface area contributed by atoms with Crippen molar-refractivity contribution in [2.45, 2.75) is 25.7 Å². The molecule has 4 rings (SSSR count). The van der Waals surface area contributed by atoms with E-state index in [1.807, 2.05) is 24.4 Å². The first-order chi connectivity index (χ1) is 11.5. The van der Waals surface area contributed by atoms with E-state index in [9.17, 15) is 4.79 Å². The molecule has 0 spiro atoms. The van der Waals surface area contributed by atoms with Gasteiger partial charge >= 0.3 is 0 Å². The molecule has 1 aromatic carbocycles. The summed E-state index contributed by atoms with van der Waals surface area (Å²) in [4.78, 5) is 15.8. The second-order valence-electron chi connectivity index (χ2n) is 7.00. The molecule has 6 nitrogen and oxygen atoms in total. The Bertz CT molecular complexity index is 934. The molecule has 2 heterocycles. The molecule has 0 bridgehead atoms. The number of aromatic amines is 2. The van der Waals surface area contributed by atoms with Gasteiger partial charge in [-0.25, -0.2) is 0 Å². The average Bonchev–Trinajstić information content (AvgIpc) is 3.15. The molecule has 0 atom stereocenters. The molecule has 0 fully saturated rings. The molecule has 1 aliphatic carbocycles. The lowest BCUT2D eigenvalue weighted by Crippen LogP contribution is -2.29. The molecule has 0 saturated carbocycles. The van der Waals surface area contributed by atoms with Gasteiger partial charge in [-0.1, -0.05) is 13.8 Å². The van der Waals surface area contributed by atoms with Crippen LogP contribution < -0.4 is 11.1 Å². The lowest BCUT2D eigenvalue weighted by molar-refractivity contribution is 0.0955. The molecular weight excluding hydrogens is 302 g/mol. The van der Waals surface area contributed by atoms with E-state index in [4.69, 9.17) is 5.73 Å². The van der Waals surface area contributed by atoms with E-state index < -0.39 is 0 Å². The second kappa shape index (κ2) is 5.21. The van der Waals surface area contributed by atoms with Crippen LogP contribution >= 0.6 is 0 Å². The van der Waals surface area contributed by atoms with Gasteiger partial charge in [-0.15, -0.1) is 0 Å². The Hall–Kier alpha value is -2.60. The van der Waals surface area contributed by atoms with Crippen molar-refractivity contribution in [1.82, 2.24) is 20.5 Å². The number of hydrogen-bond donors (Lipinski definition) is 4. The summed E-state index contributed by atoms with van der Waals surface area (Å²) in [5, 5.41) is 11.3. The van der Waals surface area contributed by atoms with Crippen molar-refractivity contribution >= 4 is 16.8 Å². The molecule has 0 aliphatic heterocycles. The number of H-pyrrole nitrogens is 2. The lowest BCUT2D eigenvalue weighted by Gasteiger charge is -2.29. The molecule has 2 aromatic heterocycles. The highest BCUT2D eigenvalue weighted by molar-refractivity contribution is 6.01. The number of benzene rings is 1. The predicted octanol–water partition coefficient (Wildman–Crippen LogP) is 2.08. The van der Waals surface area contributed by atoms with Crippen LogP contribution in [0.5, 0.6) is 0 Å². The summed E-state index contributed by atoms with van der Waals surface area (Å²) in [6.45, 7) is 5.37. The fourth-order valence-electron chi connectivity index (χ4n) is 3.73. The average molecular weight is 323 g/mol. The maximum absolute atomic E-state index is 12.3. The first kappa shape index (κ1) is 15.0. The number of amides is 1. The molecular formula is C18H21N5O. The number of nitrogens with zero attached hydrogens (tertiary/aromatic N) is 1. The molecule has 124 valence electrons. The van der Waals surface area contributed by atoms with Gasteiger partial charge in [0, 0.05) is 41.3 Å². The van der Waals surface area contributed by atoms with Crippen molar-refractivity contribution in [1.29, 1.82) is 0 Å². The SMILES string of the molecule is CC1(C)Cc2c[nH]nc2-c2[nH]c3ccc(C(=O)NCCN)cc3c21. The molecule has 3 aromatic rings. The largest absolute Gasteiger partial charge is 0.353 e. The summed E-state index contributed by atoms with van der Waals surface area (Å²) in [6.07, 6.45) is 2.89. The van der Waals surface area contributed by atoms with Crippen molar-refractivity contribution in [3.63, 3.8) is 0 Å². The molecule has 1 aliphatic rings. The van der Waals surface area contributed by atoms with Crippen molar-refractivity contribution in [2.75, 3.05) is 13.1 Å². The van der Waals surface area contributed by atoms with Gasteiger partial charge in [0.1, 0.15) is 5.69 Å². The number of nitrogens with two attached hydrogens (primary N) is 1. The van der Waals surface area contributed by atoms with Gasteiger partial charge in [-0.3, -0.25) is 9.89 Å². The van der Waals surface area contributed by atoms with Crippen LogP contribution in [0.1, 0.15) is 35.3 Å². The van der Waals surface area contributed by atoms with Gasteiger partial charge < -0.3 is 16.0 Å². The van der Waals surface area contributed by atoms with Gasteiger partial charge in [-0.2, -0.15) is 5.10 Å². The van der Waals surface area contributed by atoms with Crippen LogP contribution in [0.2, 0.25) is 0 Å². The van der Waals surface area contributed by atoms with Gasteiger partial charge in [0.25, 0.3) is 5.91 Å². The molecule has 24 heavy (non-hydrogen) atoms. The molecule has 5 N–H and O–H groups in total. The minimum absolute atomic E-state index is 0.0309. The first-order valence-corrected chi connectivity index (χ1v) is 8.19. The van der Waals surface area contributed by atoms with Crippen LogP contribution in [0, 0.1) is 0 Å². The third-order valence-corrected chi connectivity index (χ3v) is 4.76. The molecule has 0 radical (unpaired) electrons. The quantitative estimate of drug-likeness (QED) is 0.594.